The van der Waals surface area contributed by atoms with E-state index in [-0.39, 0.29) is 31.8 Å². The molecule has 2 aromatic carbocycles. The molecule has 3 amide bonds. The second-order valence-corrected chi connectivity index (χ2v) is 19.8. The fourth-order valence-corrected chi connectivity index (χ4v) is 6.21. The zero-order chi connectivity index (χ0) is 47.2. The summed E-state index contributed by atoms with van der Waals surface area (Å²) in [5, 5.41) is 18.2. The van der Waals surface area contributed by atoms with Gasteiger partial charge in [-0.15, -0.1) is 0 Å². The summed E-state index contributed by atoms with van der Waals surface area (Å²) in [4.78, 5) is 67.7. The van der Waals surface area contributed by atoms with Gasteiger partial charge in [-0.05, 0) is 103 Å². The van der Waals surface area contributed by atoms with E-state index in [9.17, 15) is 29.1 Å². The number of hydrogen-bond donors (Lipinski definition) is 4. The quantitative estimate of drug-likeness (QED) is 0.0610. The third-order valence-corrected chi connectivity index (χ3v) is 10.0. The van der Waals surface area contributed by atoms with Crippen molar-refractivity contribution in [2.75, 3.05) is 7.11 Å². The van der Waals surface area contributed by atoms with E-state index in [1.807, 2.05) is 64.1 Å². The predicted octanol–water partition coefficient (Wildman–Crippen LogP) is 8.28. The monoisotopic (exact) mass is 883 g/mol. The van der Waals surface area contributed by atoms with Gasteiger partial charge in [-0.25, -0.2) is 14.4 Å². The minimum Gasteiger partial charge on any atom is -0.495 e. The lowest BCUT2D eigenvalue weighted by atomic mass is 9.82. The molecular formula is C48H70ClN3O10. The van der Waals surface area contributed by atoms with E-state index >= 15 is 0 Å². The average molecular weight is 885 g/mol. The molecule has 13 nitrogen and oxygen atoms in total. The molecule has 14 heteroatoms. The summed E-state index contributed by atoms with van der Waals surface area (Å²) in [5.41, 5.74) is -0.927. The number of halogens is 1. The van der Waals surface area contributed by atoms with Crippen LogP contribution in [0.5, 0.6) is 5.75 Å². The summed E-state index contributed by atoms with van der Waals surface area (Å²) < 4.78 is 22.3. The Morgan fingerprint density at radius 3 is 1.92 bits per heavy atom. The smallest absolute Gasteiger partial charge is 0.408 e. The zero-order valence-corrected chi connectivity index (χ0v) is 39.8. The number of amides is 3. The number of alkyl carbamates (subject to hydrolysis) is 1. The van der Waals surface area contributed by atoms with Crippen molar-refractivity contribution < 1.29 is 48.0 Å². The largest absolute Gasteiger partial charge is 0.495 e. The third kappa shape index (κ3) is 19.0. The minimum absolute atomic E-state index is 0.0470. The molecule has 0 saturated heterocycles. The molecule has 0 spiro atoms. The molecule has 0 bridgehead atoms. The van der Waals surface area contributed by atoms with Crippen LogP contribution in [0.4, 0.5) is 4.79 Å². The van der Waals surface area contributed by atoms with Gasteiger partial charge in [-0.2, -0.15) is 0 Å². The maximum atomic E-state index is 14.2. The lowest BCUT2D eigenvalue weighted by Crippen LogP contribution is -2.58. The van der Waals surface area contributed by atoms with Gasteiger partial charge >= 0.3 is 18.0 Å². The number of hydrogen-bond acceptors (Lipinski definition) is 10. The molecule has 0 radical (unpaired) electrons. The summed E-state index contributed by atoms with van der Waals surface area (Å²) in [7, 11) is 1.49. The molecule has 0 fully saturated rings. The first-order valence-corrected chi connectivity index (χ1v) is 21.3. The molecular weight excluding hydrogens is 814 g/mol. The topological polar surface area (TPSA) is 179 Å². The Kier molecular flexibility index (Phi) is 19.7. The van der Waals surface area contributed by atoms with Crippen molar-refractivity contribution in [1.82, 2.24) is 16.0 Å². The molecule has 62 heavy (non-hydrogen) atoms. The van der Waals surface area contributed by atoms with Gasteiger partial charge in [-0.3, -0.25) is 9.59 Å². The van der Waals surface area contributed by atoms with Crippen molar-refractivity contribution in [3.8, 4) is 5.75 Å². The summed E-state index contributed by atoms with van der Waals surface area (Å²) >= 11 is 6.37. The summed E-state index contributed by atoms with van der Waals surface area (Å²) in [6.45, 7) is 23.0. The van der Waals surface area contributed by atoms with Gasteiger partial charge in [0.25, 0.3) is 0 Å². The summed E-state index contributed by atoms with van der Waals surface area (Å²) in [6.07, 6.45) is 5.59. The molecule has 344 valence electrons. The van der Waals surface area contributed by atoms with E-state index in [4.69, 9.17) is 30.5 Å². The first-order valence-electron chi connectivity index (χ1n) is 20.9. The van der Waals surface area contributed by atoms with E-state index < -0.39 is 76.1 Å². The Balaban J connectivity index is 2.37. The highest BCUT2D eigenvalue weighted by Gasteiger charge is 2.40. The molecule has 0 unspecified atom stereocenters. The number of carbonyl (C=O) groups excluding carboxylic acids is 5. The number of carbonyl (C=O) groups is 5. The Morgan fingerprint density at radius 1 is 0.790 bits per heavy atom. The average Bonchev–Trinajstić information content (AvgIpc) is 3.14. The highest BCUT2D eigenvalue weighted by atomic mass is 35.5. The van der Waals surface area contributed by atoms with Gasteiger partial charge in [0, 0.05) is 30.9 Å². The van der Waals surface area contributed by atoms with Gasteiger partial charge in [-0.1, -0.05) is 87.9 Å². The SMILES string of the molecule is COc1ccc(C[C@H](NC(=O)OC(C)(C)C)C(=O)N[C@@H](C)C(C)(C)C(=O)N[C@@H](CC(C)(C)C)C(=O)O[C@@H](C/C=C/C(=O)OC(C)(C)C)[C@@H](C)/C=C/c2ccc(CO)cc2)cc1Cl. The van der Waals surface area contributed by atoms with Gasteiger partial charge < -0.3 is 40.0 Å². The third-order valence-electron chi connectivity index (χ3n) is 9.73. The van der Waals surface area contributed by atoms with Gasteiger partial charge in [0.05, 0.1) is 24.2 Å². The Morgan fingerprint density at radius 2 is 1.39 bits per heavy atom. The zero-order valence-electron chi connectivity index (χ0n) is 39.1. The normalized spacial score (nSPS) is 14.9. The van der Waals surface area contributed by atoms with Crippen molar-refractivity contribution in [3.63, 3.8) is 0 Å². The lowest BCUT2D eigenvalue weighted by molar-refractivity contribution is -0.156. The van der Waals surface area contributed by atoms with Gasteiger partial charge in [0.15, 0.2) is 0 Å². The van der Waals surface area contributed by atoms with Crippen LogP contribution >= 0.6 is 11.6 Å². The fraction of sp³-hybridized carbons (Fsp3) is 0.562. The maximum Gasteiger partial charge on any atom is 0.408 e. The van der Waals surface area contributed by atoms with Gasteiger partial charge in [0.1, 0.15) is 35.1 Å². The minimum atomic E-state index is -1.27. The number of ether oxygens (including phenoxy) is 4. The Hall–Kier alpha value is -4.88. The standard InChI is InChI=1S/C48H70ClN3O10/c1-30(18-19-32-20-22-33(29-53)23-21-32)38(16-15-17-40(54)61-46(6,7)8)60-42(56)37(28-45(3,4)5)51-43(57)48(12,13)31(2)50-41(55)36(52-44(58)62-47(9,10)11)27-34-24-25-39(59-14)35(49)26-34/h15,17-26,30-31,36-38,53H,16,27-29H2,1-14H3,(H,50,55)(H,51,57)(H,52,58)/b17-15+,19-18+/t30-,31-,36-,37-,38-/m0/s1. The molecule has 0 aliphatic carbocycles. The van der Waals surface area contributed by atoms with E-state index in [0.717, 1.165) is 11.1 Å². The van der Waals surface area contributed by atoms with Crippen molar-refractivity contribution in [2.24, 2.45) is 16.7 Å². The predicted molar refractivity (Wildman–Crippen MR) is 242 cm³/mol. The molecule has 0 saturated carbocycles. The van der Waals surface area contributed by atoms with Crippen LogP contribution in [-0.4, -0.2) is 77.5 Å². The number of aliphatic hydroxyl groups excluding tert-OH is 1. The number of rotatable bonds is 19. The molecule has 2 rings (SSSR count). The second kappa shape index (κ2) is 23.0. The molecule has 0 aromatic heterocycles. The first kappa shape index (κ1) is 53.3. The number of benzene rings is 2. The van der Waals surface area contributed by atoms with Crippen LogP contribution in [0.2, 0.25) is 5.02 Å². The summed E-state index contributed by atoms with van der Waals surface area (Å²) in [5.74, 6) is -2.18. The molecule has 5 atom stereocenters. The van der Waals surface area contributed by atoms with Crippen LogP contribution in [0.15, 0.2) is 60.7 Å². The Labute approximate surface area is 373 Å². The van der Waals surface area contributed by atoms with Crippen LogP contribution in [0.3, 0.4) is 0 Å². The van der Waals surface area contributed by atoms with E-state index in [1.165, 1.54) is 13.2 Å². The summed E-state index contributed by atoms with van der Waals surface area (Å²) in [6, 6.07) is 9.41. The van der Waals surface area contributed by atoms with E-state index in [0.29, 0.717) is 16.3 Å². The molecule has 0 aliphatic rings. The second-order valence-electron chi connectivity index (χ2n) is 19.4. The van der Waals surface area contributed by atoms with E-state index in [2.05, 4.69) is 16.0 Å². The molecule has 4 N–H and O–H groups in total. The van der Waals surface area contributed by atoms with Crippen LogP contribution < -0.4 is 20.7 Å². The molecule has 2 aromatic rings. The molecule has 0 aliphatic heterocycles. The first-order chi connectivity index (χ1) is 28.5. The number of methoxy groups -OCH3 is 1. The molecule has 0 heterocycles. The maximum absolute atomic E-state index is 14.2. The van der Waals surface area contributed by atoms with Gasteiger partial charge in [0.2, 0.25) is 11.8 Å². The van der Waals surface area contributed by atoms with Crippen LogP contribution in [0.25, 0.3) is 6.08 Å². The highest BCUT2D eigenvalue weighted by molar-refractivity contribution is 6.32. The number of nitrogens with one attached hydrogen (secondary N) is 3. The van der Waals surface area contributed by atoms with E-state index in [1.54, 1.807) is 86.6 Å². The van der Waals surface area contributed by atoms with Crippen LogP contribution in [-0.2, 0) is 46.4 Å². The van der Waals surface area contributed by atoms with Crippen LogP contribution in [0, 0.1) is 16.7 Å². The van der Waals surface area contributed by atoms with Crippen molar-refractivity contribution in [2.45, 2.75) is 151 Å². The lowest BCUT2D eigenvalue weighted by Gasteiger charge is -2.35. The fourth-order valence-electron chi connectivity index (χ4n) is 5.93. The highest BCUT2D eigenvalue weighted by Crippen LogP contribution is 2.28. The number of esters is 2. The number of aliphatic hydroxyl groups is 1. The Bertz CT molecular complexity index is 1890. The van der Waals surface area contributed by atoms with Crippen molar-refractivity contribution in [1.29, 1.82) is 0 Å². The van der Waals surface area contributed by atoms with Crippen molar-refractivity contribution in [3.05, 3.63) is 82.4 Å². The van der Waals surface area contributed by atoms with Crippen LogP contribution in [0.1, 0.15) is 120 Å². The van der Waals surface area contributed by atoms with Crippen molar-refractivity contribution >= 4 is 47.5 Å².